The van der Waals surface area contributed by atoms with E-state index in [0.717, 1.165) is 11.3 Å². The van der Waals surface area contributed by atoms with Crippen molar-refractivity contribution in [2.24, 2.45) is 5.41 Å². The van der Waals surface area contributed by atoms with Crippen LogP contribution >= 0.6 is 23.2 Å². The highest BCUT2D eigenvalue weighted by molar-refractivity contribution is 6.53. The molecule has 1 N–H and O–H groups in total. The Balaban J connectivity index is 2.13. The number of halogens is 2. The van der Waals surface area contributed by atoms with Gasteiger partial charge in [-0.3, -0.25) is 4.79 Å². The fraction of sp³-hybridized carbons (Fsp3) is 0.417. The number of benzene rings is 1. The molecule has 0 saturated heterocycles. The topological polar surface area (TPSA) is 29.1 Å². The highest BCUT2D eigenvalue weighted by Gasteiger charge is 2.67. The number of hydrogen-bond donors (Lipinski definition) is 1. The van der Waals surface area contributed by atoms with Crippen LogP contribution in [-0.4, -0.2) is 10.2 Å². The molecule has 0 bridgehead atoms. The molecule has 1 aliphatic rings. The monoisotopic (exact) mass is 257 g/mol. The number of carbonyl (C=O) groups excluding carboxylic acids is 1. The van der Waals surface area contributed by atoms with Crippen molar-refractivity contribution in [2.75, 3.05) is 5.32 Å². The van der Waals surface area contributed by atoms with E-state index in [1.807, 2.05) is 31.2 Å². The highest BCUT2D eigenvalue weighted by Crippen LogP contribution is 2.64. The molecular formula is C12H13Cl2NO. The Labute approximate surface area is 105 Å². The van der Waals surface area contributed by atoms with Crippen molar-refractivity contribution in [3.8, 4) is 0 Å². The quantitative estimate of drug-likeness (QED) is 0.808. The van der Waals surface area contributed by atoms with E-state index >= 15 is 0 Å². The lowest BCUT2D eigenvalue weighted by atomic mass is 10.1. The van der Waals surface area contributed by atoms with Crippen LogP contribution in [0.5, 0.6) is 0 Å². The van der Waals surface area contributed by atoms with E-state index in [1.54, 1.807) is 6.92 Å². The predicted molar refractivity (Wildman–Crippen MR) is 67.0 cm³/mol. The third kappa shape index (κ3) is 1.80. The molecule has 1 amide bonds. The summed E-state index contributed by atoms with van der Waals surface area (Å²) in [7, 11) is 0. The van der Waals surface area contributed by atoms with Crippen molar-refractivity contribution in [1.82, 2.24) is 0 Å². The van der Waals surface area contributed by atoms with E-state index < -0.39 is 9.75 Å². The van der Waals surface area contributed by atoms with E-state index in [9.17, 15) is 4.79 Å². The molecule has 0 radical (unpaired) electrons. The van der Waals surface area contributed by atoms with Crippen LogP contribution in [0.1, 0.15) is 18.9 Å². The summed E-state index contributed by atoms with van der Waals surface area (Å²) in [5.74, 6) is -0.119. The second-order valence-corrected chi connectivity index (χ2v) is 5.97. The average molecular weight is 258 g/mol. The minimum atomic E-state index is -0.917. The first-order valence-corrected chi connectivity index (χ1v) is 5.87. The molecule has 86 valence electrons. The van der Waals surface area contributed by atoms with Crippen LogP contribution in [0.3, 0.4) is 0 Å². The summed E-state index contributed by atoms with van der Waals surface area (Å²) in [6.45, 7) is 3.72. The highest BCUT2D eigenvalue weighted by atomic mass is 35.5. The smallest absolute Gasteiger partial charge is 0.233 e. The second kappa shape index (κ2) is 3.64. The number of hydrogen-bond acceptors (Lipinski definition) is 1. The largest absolute Gasteiger partial charge is 0.325 e. The van der Waals surface area contributed by atoms with Crippen LogP contribution in [-0.2, 0) is 4.79 Å². The molecule has 1 aliphatic carbocycles. The van der Waals surface area contributed by atoms with Crippen molar-refractivity contribution < 1.29 is 4.79 Å². The van der Waals surface area contributed by atoms with Crippen LogP contribution in [0.25, 0.3) is 0 Å². The fourth-order valence-corrected chi connectivity index (χ4v) is 2.33. The lowest BCUT2D eigenvalue weighted by Crippen LogP contribution is -2.26. The maximum Gasteiger partial charge on any atom is 0.233 e. The molecule has 1 saturated carbocycles. The van der Waals surface area contributed by atoms with Gasteiger partial charge in [-0.15, -0.1) is 23.2 Å². The minimum Gasteiger partial charge on any atom is -0.325 e. The van der Waals surface area contributed by atoms with Gasteiger partial charge >= 0.3 is 0 Å². The van der Waals surface area contributed by atoms with Crippen molar-refractivity contribution in [2.45, 2.75) is 24.6 Å². The van der Waals surface area contributed by atoms with Gasteiger partial charge in [0.2, 0.25) is 5.91 Å². The van der Waals surface area contributed by atoms with Gasteiger partial charge in [0.25, 0.3) is 0 Å². The Morgan fingerprint density at radius 2 is 1.94 bits per heavy atom. The molecule has 2 rings (SSSR count). The molecule has 2 nitrogen and oxygen atoms in total. The maximum absolute atomic E-state index is 12.0. The normalized spacial score (nSPS) is 26.2. The molecule has 1 aromatic rings. The summed E-state index contributed by atoms with van der Waals surface area (Å²) in [4.78, 5) is 12.0. The van der Waals surface area contributed by atoms with Gasteiger partial charge in [0.15, 0.2) is 0 Å². The number of alkyl halides is 2. The SMILES string of the molecule is Cc1ccccc1NC(=O)C1(C)CC1(Cl)Cl. The summed E-state index contributed by atoms with van der Waals surface area (Å²) in [6.07, 6.45) is 0.501. The lowest BCUT2D eigenvalue weighted by molar-refractivity contribution is -0.120. The third-order valence-corrected chi connectivity index (χ3v) is 4.25. The maximum atomic E-state index is 12.0. The number of rotatable bonds is 2. The number of para-hydroxylation sites is 1. The minimum absolute atomic E-state index is 0.119. The second-order valence-electron chi connectivity index (χ2n) is 4.48. The molecule has 0 aliphatic heterocycles. The zero-order valence-electron chi connectivity index (χ0n) is 9.18. The molecule has 1 unspecified atom stereocenters. The van der Waals surface area contributed by atoms with Crippen molar-refractivity contribution >= 4 is 34.8 Å². The number of amides is 1. The standard InChI is InChI=1S/C12H13Cl2NO/c1-8-5-3-4-6-9(8)15-10(16)11(2)7-12(11,13)14/h3-6H,7H2,1-2H3,(H,15,16). The van der Waals surface area contributed by atoms with E-state index in [0.29, 0.717) is 6.42 Å². The number of aryl methyl sites for hydroxylation is 1. The molecule has 0 spiro atoms. The summed E-state index contributed by atoms with van der Waals surface area (Å²) < 4.78 is -0.917. The van der Waals surface area contributed by atoms with Crippen LogP contribution < -0.4 is 5.32 Å². The van der Waals surface area contributed by atoms with Crippen molar-refractivity contribution in [3.05, 3.63) is 29.8 Å². The Morgan fingerprint density at radius 3 is 2.44 bits per heavy atom. The molecule has 16 heavy (non-hydrogen) atoms. The van der Waals surface area contributed by atoms with E-state index in [-0.39, 0.29) is 5.91 Å². The number of carbonyl (C=O) groups is 1. The fourth-order valence-electron chi connectivity index (χ4n) is 1.62. The van der Waals surface area contributed by atoms with Crippen LogP contribution in [0.4, 0.5) is 5.69 Å². The Kier molecular flexibility index (Phi) is 2.67. The van der Waals surface area contributed by atoms with Gasteiger partial charge in [-0.1, -0.05) is 18.2 Å². The van der Waals surface area contributed by atoms with Gasteiger partial charge in [0.05, 0.1) is 5.41 Å². The van der Waals surface area contributed by atoms with Gasteiger partial charge in [0, 0.05) is 5.69 Å². The zero-order valence-corrected chi connectivity index (χ0v) is 10.7. The van der Waals surface area contributed by atoms with E-state index in [1.165, 1.54) is 0 Å². The first-order chi connectivity index (χ1) is 7.37. The first kappa shape index (κ1) is 11.7. The summed E-state index contributed by atoms with van der Waals surface area (Å²) in [5, 5.41) is 2.86. The summed E-state index contributed by atoms with van der Waals surface area (Å²) in [6, 6.07) is 7.62. The lowest BCUT2D eigenvalue weighted by Gasteiger charge is -2.13. The van der Waals surface area contributed by atoms with E-state index in [4.69, 9.17) is 23.2 Å². The molecule has 0 aromatic heterocycles. The van der Waals surface area contributed by atoms with Crippen LogP contribution in [0.2, 0.25) is 0 Å². The Hall–Kier alpha value is -0.730. The summed E-state index contributed by atoms with van der Waals surface area (Å²) in [5.41, 5.74) is 1.16. The van der Waals surface area contributed by atoms with Crippen molar-refractivity contribution in [3.63, 3.8) is 0 Å². The third-order valence-electron chi connectivity index (χ3n) is 3.15. The van der Waals surface area contributed by atoms with E-state index in [2.05, 4.69) is 5.32 Å². The first-order valence-electron chi connectivity index (χ1n) is 5.12. The van der Waals surface area contributed by atoms with Crippen molar-refractivity contribution in [1.29, 1.82) is 0 Å². The summed E-state index contributed by atoms with van der Waals surface area (Å²) >= 11 is 11.9. The molecule has 1 fully saturated rings. The average Bonchev–Trinajstić information content (AvgIpc) is 2.71. The number of anilines is 1. The van der Waals surface area contributed by atoms with Gasteiger partial charge in [-0.25, -0.2) is 0 Å². The number of nitrogens with one attached hydrogen (secondary N) is 1. The van der Waals surface area contributed by atoms with Gasteiger partial charge < -0.3 is 5.32 Å². The van der Waals surface area contributed by atoms with Crippen LogP contribution in [0.15, 0.2) is 24.3 Å². The Morgan fingerprint density at radius 1 is 1.38 bits per heavy atom. The molecule has 1 atom stereocenters. The molecule has 4 heteroatoms. The van der Waals surface area contributed by atoms with Gasteiger partial charge in [0.1, 0.15) is 4.33 Å². The van der Waals surface area contributed by atoms with Gasteiger partial charge in [-0.05, 0) is 31.9 Å². The Bertz CT molecular complexity index is 444. The molecule has 0 heterocycles. The zero-order chi connectivity index (χ0) is 12.0. The van der Waals surface area contributed by atoms with Gasteiger partial charge in [-0.2, -0.15) is 0 Å². The van der Waals surface area contributed by atoms with Crippen LogP contribution in [0, 0.1) is 12.3 Å². The molecule has 1 aromatic carbocycles. The molecular weight excluding hydrogens is 245 g/mol. The predicted octanol–water partition coefficient (Wildman–Crippen LogP) is 3.52.